The Bertz CT molecular complexity index is 506. The molecule has 0 aliphatic heterocycles. The molecule has 0 spiro atoms. The van der Waals surface area contributed by atoms with E-state index in [4.69, 9.17) is 16.3 Å². The van der Waals surface area contributed by atoms with Crippen LogP contribution in [0.15, 0.2) is 24.9 Å². The van der Waals surface area contributed by atoms with Crippen LogP contribution in [0.4, 0.5) is 0 Å². The molecule has 0 atom stereocenters. The topological polar surface area (TPSA) is 39.4 Å². The summed E-state index contributed by atoms with van der Waals surface area (Å²) in [4.78, 5) is 4.10. The molecule has 0 aliphatic carbocycles. The summed E-state index contributed by atoms with van der Waals surface area (Å²) >= 11 is 5.79. The van der Waals surface area contributed by atoms with Crippen LogP contribution >= 0.6 is 11.6 Å². The lowest BCUT2D eigenvalue weighted by molar-refractivity contribution is 0.298. The lowest BCUT2D eigenvalue weighted by Gasteiger charge is -2.07. The third kappa shape index (κ3) is 1.80. The number of hydrogen-bond donors (Lipinski definition) is 0. The van der Waals surface area contributed by atoms with Crippen molar-refractivity contribution in [2.75, 3.05) is 6.61 Å². The quantitative estimate of drug-likeness (QED) is 0.750. The van der Waals surface area contributed by atoms with Gasteiger partial charge in [0.1, 0.15) is 11.5 Å². The molecule has 2 rings (SSSR count). The molecule has 5 heteroatoms. The molecule has 2 aromatic rings. The first kappa shape index (κ1) is 9.98. The van der Waals surface area contributed by atoms with Gasteiger partial charge >= 0.3 is 0 Å². The lowest BCUT2D eigenvalue weighted by Crippen LogP contribution is -2.01. The minimum atomic E-state index is 0.176. The highest BCUT2D eigenvalue weighted by Gasteiger charge is 2.10. The number of aromatic nitrogens is 3. The molecule has 78 valence electrons. The Labute approximate surface area is 92.1 Å². The first-order valence-electron chi connectivity index (χ1n) is 4.55. The fraction of sp³-hybridized carbons (Fsp3) is 0.200. The molecule has 0 amide bonds. The van der Waals surface area contributed by atoms with Crippen LogP contribution in [0.2, 0.25) is 5.28 Å². The Morgan fingerprint density at radius 3 is 3.20 bits per heavy atom. The predicted molar refractivity (Wildman–Crippen MR) is 58.7 cm³/mol. The van der Waals surface area contributed by atoms with Gasteiger partial charge in [-0.2, -0.15) is 0 Å². The molecule has 15 heavy (non-hydrogen) atoms. The van der Waals surface area contributed by atoms with Crippen molar-refractivity contribution in [1.29, 1.82) is 0 Å². The average molecular weight is 224 g/mol. The molecule has 0 bridgehead atoms. The van der Waals surface area contributed by atoms with Crippen molar-refractivity contribution in [3.63, 3.8) is 0 Å². The second-order valence-electron chi connectivity index (χ2n) is 2.92. The summed E-state index contributed by atoms with van der Waals surface area (Å²) in [6, 6.07) is 3.75. The van der Waals surface area contributed by atoms with E-state index in [1.807, 2.05) is 19.1 Å². The van der Waals surface area contributed by atoms with Crippen LogP contribution in [0.5, 0.6) is 0 Å². The summed E-state index contributed by atoms with van der Waals surface area (Å²) in [7, 11) is 0. The molecule has 4 nitrogen and oxygen atoms in total. The maximum absolute atomic E-state index is 5.79. The molecule has 0 radical (unpaired) electrons. The van der Waals surface area contributed by atoms with Gasteiger partial charge in [-0.3, -0.25) is 0 Å². The molecule has 0 saturated heterocycles. The normalized spacial score (nSPS) is 10.5. The van der Waals surface area contributed by atoms with Crippen LogP contribution < -0.4 is 0 Å². The van der Waals surface area contributed by atoms with Gasteiger partial charge in [-0.05, 0) is 30.7 Å². The summed E-state index contributed by atoms with van der Waals surface area (Å²) in [5.41, 5.74) is 1.46. The molecular weight excluding hydrogens is 214 g/mol. The Morgan fingerprint density at radius 1 is 1.67 bits per heavy atom. The highest BCUT2D eigenvalue weighted by Crippen LogP contribution is 2.19. The monoisotopic (exact) mass is 223 g/mol. The number of ether oxygens (including phenoxy) is 1. The van der Waals surface area contributed by atoms with Gasteiger partial charge < -0.3 is 4.74 Å². The maximum Gasteiger partial charge on any atom is 0.241 e. The maximum atomic E-state index is 5.79. The Hall–Kier alpha value is -1.55. The van der Waals surface area contributed by atoms with Crippen molar-refractivity contribution < 1.29 is 4.74 Å². The average Bonchev–Trinajstić information content (AvgIpc) is 2.64. The van der Waals surface area contributed by atoms with E-state index in [2.05, 4.69) is 16.7 Å². The van der Waals surface area contributed by atoms with Gasteiger partial charge in [0.25, 0.3) is 0 Å². The largest absolute Gasteiger partial charge is 0.492 e. The highest BCUT2D eigenvalue weighted by atomic mass is 35.5. The first-order valence-corrected chi connectivity index (χ1v) is 4.93. The summed E-state index contributed by atoms with van der Waals surface area (Å²) < 4.78 is 6.95. The van der Waals surface area contributed by atoms with Gasteiger partial charge in [0.05, 0.1) is 12.1 Å². The zero-order chi connectivity index (χ0) is 10.8. The van der Waals surface area contributed by atoms with E-state index in [9.17, 15) is 0 Å². The SMILES string of the molecule is C=C(OCC)c1nc(Cl)nn2cccc12. The predicted octanol–water partition coefficient (Wildman–Crippen LogP) is 2.39. The second kappa shape index (κ2) is 3.90. The van der Waals surface area contributed by atoms with Crippen LogP contribution in [0.3, 0.4) is 0 Å². The molecule has 0 unspecified atom stereocenters. The van der Waals surface area contributed by atoms with Crippen LogP contribution in [-0.2, 0) is 4.74 Å². The molecule has 0 fully saturated rings. The van der Waals surface area contributed by atoms with E-state index in [-0.39, 0.29) is 5.28 Å². The third-order valence-electron chi connectivity index (χ3n) is 1.95. The summed E-state index contributed by atoms with van der Waals surface area (Å²) in [5.74, 6) is 0.505. The minimum absolute atomic E-state index is 0.176. The number of halogens is 1. The van der Waals surface area contributed by atoms with Crippen LogP contribution in [-0.4, -0.2) is 21.2 Å². The van der Waals surface area contributed by atoms with Crippen LogP contribution in [0, 0.1) is 0 Å². The zero-order valence-electron chi connectivity index (χ0n) is 8.27. The van der Waals surface area contributed by atoms with Crippen molar-refractivity contribution in [3.8, 4) is 0 Å². The van der Waals surface area contributed by atoms with E-state index >= 15 is 0 Å². The van der Waals surface area contributed by atoms with Gasteiger partial charge in [0, 0.05) is 6.20 Å². The van der Waals surface area contributed by atoms with Gasteiger partial charge in [-0.25, -0.2) is 9.50 Å². The smallest absolute Gasteiger partial charge is 0.241 e. The molecule has 0 aromatic carbocycles. The van der Waals surface area contributed by atoms with E-state index in [0.717, 1.165) is 5.52 Å². The van der Waals surface area contributed by atoms with E-state index < -0.39 is 0 Å². The molecule has 0 aliphatic rings. The van der Waals surface area contributed by atoms with Crippen molar-refractivity contribution in [2.45, 2.75) is 6.92 Å². The van der Waals surface area contributed by atoms with Crippen molar-refractivity contribution in [1.82, 2.24) is 14.6 Å². The number of hydrogen-bond acceptors (Lipinski definition) is 3. The molecule has 2 aromatic heterocycles. The highest BCUT2D eigenvalue weighted by molar-refractivity contribution is 6.28. The van der Waals surface area contributed by atoms with Crippen molar-refractivity contribution >= 4 is 22.9 Å². The zero-order valence-corrected chi connectivity index (χ0v) is 9.03. The Morgan fingerprint density at radius 2 is 2.47 bits per heavy atom. The summed E-state index contributed by atoms with van der Waals surface area (Å²) in [6.07, 6.45) is 1.80. The number of nitrogens with zero attached hydrogens (tertiary/aromatic N) is 3. The fourth-order valence-electron chi connectivity index (χ4n) is 1.36. The third-order valence-corrected chi connectivity index (χ3v) is 2.11. The van der Waals surface area contributed by atoms with Crippen molar-refractivity contribution in [2.24, 2.45) is 0 Å². The standard InChI is InChI=1S/C10H10ClN3O/c1-3-15-7(2)9-8-5-4-6-14(8)13-10(11)12-9/h4-6H,2-3H2,1H3. The Kier molecular flexibility index (Phi) is 2.60. The van der Waals surface area contributed by atoms with Crippen molar-refractivity contribution in [3.05, 3.63) is 35.9 Å². The number of rotatable bonds is 3. The second-order valence-corrected chi connectivity index (χ2v) is 3.26. The van der Waals surface area contributed by atoms with Gasteiger partial charge in [0.2, 0.25) is 5.28 Å². The van der Waals surface area contributed by atoms with E-state index in [0.29, 0.717) is 18.1 Å². The van der Waals surface area contributed by atoms with Crippen LogP contribution in [0.25, 0.3) is 11.3 Å². The molecule has 0 N–H and O–H groups in total. The molecule has 0 saturated carbocycles. The number of fused-ring (bicyclic) bond motifs is 1. The summed E-state index contributed by atoms with van der Waals surface area (Å²) in [6.45, 7) is 6.24. The van der Waals surface area contributed by atoms with Crippen LogP contribution in [0.1, 0.15) is 12.6 Å². The van der Waals surface area contributed by atoms with Gasteiger partial charge in [-0.1, -0.05) is 6.58 Å². The lowest BCUT2D eigenvalue weighted by atomic mass is 10.3. The van der Waals surface area contributed by atoms with Gasteiger partial charge in [-0.15, -0.1) is 5.10 Å². The first-order chi connectivity index (χ1) is 7.22. The minimum Gasteiger partial charge on any atom is -0.492 e. The summed E-state index contributed by atoms with van der Waals surface area (Å²) in [5, 5.41) is 4.19. The fourth-order valence-corrected chi connectivity index (χ4v) is 1.52. The molecular formula is C10H10ClN3O. The van der Waals surface area contributed by atoms with Gasteiger partial charge in [0.15, 0.2) is 0 Å². The van der Waals surface area contributed by atoms with E-state index in [1.165, 1.54) is 0 Å². The molecule has 2 heterocycles. The Balaban J connectivity index is 2.57. The van der Waals surface area contributed by atoms with E-state index in [1.54, 1.807) is 10.7 Å².